The fraction of sp³-hybridized carbons (Fsp3) is 0.750. The van der Waals surface area contributed by atoms with E-state index in [2.05, 4.69) is 10.5 Å². The fourth-order valence-corrected chi connectivity index (χ4v) is 0.382. The molecule has 0 radical (unpaired) electrons. The van der Waals surface area contributed by atoms with Gasteiger partial charge in [0, 0.05) is 6.21 Å². The van der Waals surface area contributed by atoms with Crippen LogP contribution in [0.1, 0.15) is 27.7 Å². The standard InChI is InChI=1S/C8H16N2O2/c1-6(2)5-9-10-7(11)8(3,4)12/h5-6,12H,1-4H3,(H,10,11)/b9-5+. The zero-order valence-electron chi connectivity index (χ0n) is 7.96. The summed E-state index contributed by atoms with van der Waals surface area (Å²) in [5.74, 6) is -0.216. The van der Waals surface area contributed by atoms with Gasteiger partial charge in [0.1, 0.15) is 5.60 Å². The Balaban J connectivity index is 3.88. The van der Waals surface area contributed by atoms with Crippen molar-refractivity contribution < 1.29 is 9.90 Å². The zero-order chi connectivity index (χ0) is 9.78. The van der Waals surface area contributed by atoms with E-state index >= 15 is 0 Å². The number of hydrogen-bond donors (Lipinski definition) is 2. The van der Waals surface area contributed by atoms with E-state index in [0.717, 1.165) is 0 Å². The topological polar surface area (TPSA) is 61.7 Å². The molecule has 0 fully saturated rings. The van der Waals surface area contributed by atoms with E-state index in [1.807, 2.05) is 13.8 Å². The van der Waals surface area contributed by atoms with Gasteiger partial charge >= 0.3 is 0 Å². The average Bonchev–Trinajstić information content (AvgIpc) is 1.84. The number of rotatable bonds is 3. The molecule has 0 aromatic carbocycles. The molecule has 0 atom stereocenters. The maximum Gasteiger partial charge on any atom is 0.271 e. The maximum absolute atomic E-state index is 11.0. The molecular formula is C8H16N2O2. The molecule has 0 heterocycles. The van der Waals surface area contributed by atoms with E-state index < -0.39 is 11.5 Å². The van der Waals surface area contributed by atoms with E-state index in [9.17, 15) is 4.79 Å². The molecule has 0 bridgehead atoms. The van der Waals surface area contributed by atoms with Crippen LogP contribution in [-0.2, 0) is 4.79 Å². The van der Waals surface area contributed by atoms with Crippen LogP contribution in [0.4, 0.5) is 0 Å². The van der Waals surface area contributed by atoms with Gasteiger partial charge in [0.2, 0.25) is 0 Å². The molecule has 4 heteroatoms. The van der Waals surface area contributed by atoms with E-state index in [1.54, 1.807) is 6.21 Å². The van der Waals surface area contributed by atoms with Gasteiger partial charge in [-0.25, -0.2) is 5.43 Å². The largest absolute Gasteiger partial charge is 0.381 e. The summed E-state index contributed by atoms with van der Waals surface area (Å²) in [4.78, 5) is 11.0. The summed E-state index contributed by atoms with van der Waals surface area (Å²) in [7, 11) is 0. The van der Waals surface area contributed by atoms with Gasteiger partial charge in [-0.1, -0.05) is 13.8 Å². The molecular weight excluding hydrogens is 156 g/mol. The van der Waals surface area contributed by atoms with Crippen molar-refractivity contribution in [2.24, 2.45) is 11.0 Å². The first kappa shape index (κ1) is 11.1. The fourth-order valence-electron chi connectivity index (χ4n) is 0.382. The number of aliphatic hydroxyl groups is 1. The van der Waals surface area contributed by atoms with E-state index in [1.165, 1.54) is 13.8 Å². The highest BCUT2D eigenvalue weighted by molar-refractivity contribution is 5.84. The summed E-state index contributed by atoms with van der Waals surface area (Å²) in [6.45, 7) is 6.71. The highest BCUT2D eigenvalue weighted by atomic mass is 16.3. The van der Waals surface area contributed by atoms with Crippen LogP contribution in [-0.4, -0.2) is 22.8 Å². The van der Waals surface area contributed by atoms with Gasteiger partial charge in [0.25, 0.3) is 5.91 Å². The molecule has 1 amide bonds. The van der Waals surface area contributed by atoms with Crippen molar-refractivity contribution in [3.8, 4) is 0 Å². The molecule has 0 aliphatic rings. The quantitative estimate of drug-likeness (QED) is 0.481. The number of amides is 1. The van der Waals surface area contributed by atoms with Crippen molar-refractivity contribution in [3.63, 3.8) is 0 Å². The van der Waals surface area contributed by atoms with Crippen molar-refractivity contribution in [2.75, 3.05) is 0 Å². The zero-order valence-corrected chi connectivity index (χ0v) is 7.96. The number of hydrogen-bond acceptors (Lipinski definition) is 3. The predicted octanol–water partition coefficient (Wildman–Crippen LogP) is 0.515. The molecule has 0 aliphatic heterocycles. The van der Waals surface area contributed by atoms with E-state index in [4.69, 9.17) is 5.11 Å². The number of nitrogens with zero attached hydrogens (tertiary/aromatic N) is 1. The lowest BCUT2D eigenvalue weighted by atomic mass is 10.1. The van der Waals surface area contributed by atoms with Crippen LogP contribution < -0.4 is 5.43 Å². The molecule has 70 valence electrons. The third-order valence-corrected chi connectivity index (χ3v) is 1.09. The van der Waals surface area contributed by atoms with Crippen LogP contribution in [0.25, 0.3) is 0 Å². The SMILES string of the molecule is CC(C)/C=N/NC(=O)C(C)(C)O. The minimum Gasteiger partial charge on any atom is -0.381 e. The van der Waals surface area contributed by atoms with Gasteiger partial charge < -0.3 is 5.11 Å². The molecule has 0 unspecified atom stereocenters. The smallest absolute Gasteiger partial charge is 0.271 e. The summed E-state index contributed by atoms with van der Waals surface area (Å²) in [5, 5.41) is 12.8. The average molecular weight is 172 g/mol. The van der Waals surface area contributed by atoms with E-state index in [-0.39, 0.29) is 5.92 Å². The molecule has 0 rings (SSSR count). The van der Waals surface area contributed by atoms with Gasteiger partial charge in [-0.15, -0.1) is 0 Å². The maximum atomic E-state index is 11.0. The number of carbonyl (C=O) groups is 1. The molecule has 0 aliphatic carbocycles. The Morgan fingerprint density at radius 3 is 2.42 bits per heavy atom. The Hall–Kier alpha value is -0.900. The Morgan fingerprint density at radius 1 is 1.58 bits per heavy atom. The minimum absolute atomic E-state index is 0.284. The molecule has 12 heavy (non-hydrogen) atoms. The third-order valence-electron chi connectivity index (χ3n) is 1.09. The summed E-state index contributed by atoms with van der Waals surface area (Å²) >= 11 is 0. The number of nitrogens with one attached hydrogen (secondary N) is 1. The lowest BCUT2D eigenvalue weighted by Gasteiger charge is -2.13. The summed E-state index contributed by atoms with van der Waals surface area (Å²) < 4.78 is 0. The van der Waals surface area contributed by atoms with Crippen LogP contribution in [0.2, 0.25) is 0 Å². The molecule has 2 N–H and O–H groups in total. The van der Waals surface area contributed by atoms with Gasteiger partial charge in [-0.3, -0.25) is 4.79 Å². The minimum atomic E-state index is -1.37. The Labute approximate surface area is 72.7 Å². The van der Waals surface area contributed by atoms with Crippen LogP contribution in [0.3, 0.4) is 0 Å². The Morgan fingerprint density at radius 2 is 2.08 bits per heavy atom. The lowest BCUT2D eigenvalue weighted by molar-refractivity contribution is -0.136. The molecule has 0 aromatic rings. The summed E-state index contributed by atoms with van der Waals surface area (Å²) in [6.07, 6.45) is 1.60. The summed E-state index contributed by atoms with van der Waals surface area (Å²) in [6, 6.07) is 0. The van der Waals surface area contributed by atoms with Crippen molar-refractivity contribution in [1.29, 1.82) is 0 Å². The second kappa shape index (κ2) is 4.21. The predicted molar refractivity (Wildman–Crippen MR) is 47.8 cm³/mol. The first-order valence-corrected chi connectivity index (χ1v) is 3.90. The van der Waals surface area contributed by atoms with Crippen LogP contribution in [0, 0.1) is 5.92 Å². The highest BCUT2D eigenvalue weighted by Gasteiger charge is 2.22. The number of hydrazone groups is 1. The van der Waals surface area contributed by atoms with Gasteiger partial charge in [-0.05, 0) is 19.8 Å². The first-order valence-electron chi connectivity index (χ1n) is 3.90. The highest BCUT2D eigenvalue weighted by Crippen LogP contribution is 1.99. The molecule has 4 nitrogen and oxygen atoms in total. The van der Waals surface area contributed by atoms with E-state index in [0.29, 0.717) is 0 Å². The van der Waals surface area contributed by atoms with Crippen molar-refractivity contribution in [1.82, 2.24) is 5.43 Å². The van der Waals surface area contributed by atoms with Crippen LogP contribution >= 0.6 is 0 Å². The van der Waals surface area contributed by atoms with Crippen molar-refractivity contribution in [3.05, 3.63) is 0 Å². The normalized spacial score (nSPS) is 12.5. The lowest BCUT2D eigenvalue weighted by Crippen LogP contribution is -2.39. The Bertz CT molecular complexity index is 180. The number of carbonyl (C=O) groups excluding carboxylic acids is 1. The van der Waals surface area contributed by atoms with Gasteiger partial charge in [-0.2, -0.15) is 5.10 Å². The Kier molecular flexibility index (Phi) is 3.89. The second-order valence-electron chi connectivity index (χ2n) is 3.52. The molecule has 0 saturated carbocycles. The molecule has 0 saturated heterocycles. The third kappa shape index (κ3) is 4.85. The molecule has 0 aromatic heterocycles. The summed E-state index contributed by atoms with van der Waals surface area (Å²) in [5.41, 5.74) is 0.868. The second-order valence-corrected chi connectivity index (χ2v) is 3.52. The van der Waals surface area contributed by atoms with Crippen LogP contribution in [0.5, 0.6) is 0 Å². The van der Waals surface area contributed by atoms with Gasteiger partial charge in [0.05, 0.1) is 0 Å². The monoisotopic (exact) mass is 172 g/mol. The van der Waals surface area contributed by atoms with Crippen molar-refractivity contribution in [2.45, 2.75) is 33.3 Å². The van der Waals surface area contributed by atoms with Gasteiger partial charge in [0.15, 0.2) is 0 Å². The first-order chi connectivity index (χ1) is 5.34. The van der Waals surface area contributed by atoms with Crippen molar-refractivity contribution >= 4 is 12.1 Å². The van der Waals surface area contributed by atoms with Crippen LogP contribution in [0.15, 0.2) is 5.10 Å². The molecule has 0 spiro atoms.